The fourth-order valence-electron chi connectivity index (χ4n) is 2.33. The van der Waals surface area contributed by atoms with Gasteiger partial charge >= 0.3 is 0 Å². The number of fused-ring (bicyclic) bond motifs is 1. The number of carbonyl (C=O) groups excluding carboxylic acids is 1. The largest absolute Gasteiger partial charge is 0.506 e. The van der Waals surface area contributed by atoms with Crippen molar-refractivity contribution in [1.29, 1.82) is 0 Å². The predicted octanol–water partition coefficient (Wildman–Crippen LogP) is 4.45. The minimum atomic E-state index is -0.462. The number of hydrogen-bond acceptors (Lipinski definition) is 4. The smallest absolute Gasteiger partial charge is 0.256 e. The lowest BCUT2D eigenvalue weighted by Gasteiger charge is -2.27. The SMILES string of the molecule is Cc1sc2c(c1C)C(=O)NC(c1cc(Br)cc(Br)c1O)N2. The van der Waals surface area contributed by atoms with E-state index < -0.39 is 6.17 Å². The van der Waals surface area contributed by atoms with Crippen LogP contribution in [-0.4, -0.2) is 11.0 Å². The van der Waals surface area contributed by atoms with Crippen molar-refractivity contribution in [2.24, 2.45) is 0 Å². The van der Waals surface area contributed by atoms with E-state index >= 15 is 0 Å². The molecule has 0 bridgehead atoms. The quantitative estimate of drug-likeness (QED) is 0.625. The molecule has 0 spiro atoms. The van der Waals surface area contributed by atoms with Crippen molar-refractivity contribution in [3.8, 4) is 5.75 Å². The fraction of sp³-hybridized carbons (Fsp3) is 0.214. The monoisotopic (exact) mass is 430 g/mol. The Labute approximate surface area is 142 Å². The van der Waals surface area contributed by atoms with Gasteiger partial charge in [-0.05, 0) is 47.5 Å². The van der Waals surface area contributed by atoms with Crippen LogP contribution in [0.4, 0.5) is 5.00 Å². The maximum Gasteiger partial charge on any atom is 0.256 e. The number of amides is 1. The van der Waals surface area contributed by atoms with Crippen LogP contribution in [0.3, 0.4) is 0 Å². The summed E-state index contributed by atoms with van der Waals surface area (Å²) in [7, 11) is 0. The van der Waals surface area contributed by atoms with E-state index in [0.29, 0.717) is 15.6 Å². The van der Waals surface area contributed by atoms with E-state index in [-0.39, 0.29) is 11.7 Å². The first-order chi connectivity index (χ1) is 9.88. The number of nitrogens with one attached hydrogen (secondary N) is 2. The Morgan fingerprint density at radius 3 is 2.67 bits per heavy atom. The van der Waals surface area contributed by atoms with E-state index in [9.17, 15) is 9.90 Å². The van der Waals surface area contributed by atoms with E-state index in [0.717, 1.165) is 19.9 Å². The summed E-state index contributed by atoms with van der Waals surface area (Å²) >= 11 is 8.26. The van der Waals surface area contributed by atoms with Gasteiger partial charge in [0.25, 0.3) is 5.91 Å². The van der Waals surface area contributed by atoms with E-state index in [1.807, 2.05) is 13.8 Å². The molecule has 1 aliphatic rings. The van der Waals surface area contributed by atoms with Gasteiger partial charge in [-0.1, -0.05) is 15.9 Å². The molecule has 3 N–H and O–H groups in total. The third-order valence-corrected chi connectivity index (χ3v) is 5.73. The zero-order valence-electron chi connectivity index (χ0n) is 11.3. The summed E-state index contributed by atoms with van der Waals surface area (Å²) in [6.07, 6.45) is -0.462. The van der Waals surface area contributed by atoms with Gasteiger partial charge in [-0.3, -0.25) is 4.79 Å². The molecule has 1 atom stereocenters. The van der Waals surface area contributed by atoms with Crippen molar-refractivity contribution in [1.82, 2.24) is 5.32 Å². The number of phenols is 1. The van der Waals surface area contributed by atoms with Crippen LogP contribution in [0, 0.1) is 13.8 Å². The molecular weight excluding hydrogens is 420 g/mol. The summed E-state index contributed by atoms with van der Waals surface area (Å²) in [6, 6.07) is 3.55. The maximum absolute atomic E-state index is 12.3. The summed E-state index contributed by atoms with van der Waals surface area (Å²) in [4.78, 5) is 13.4. The van der Waals surface area contributed by atoms with Crippen LogP contribution in [0.2, 0.25) is 0 Å². The molecule has 0 fully saturated rings. The van der Waals surface area contributed by atoms with E-state index in [2.05, 4.69) is 42.5 Å². The third kappa shape index (κ3) is 2.47. The number of hydrogen-bond donors (Lipinski definition) is 3. The molecule has 1 aliphatic heterocycles. The molecule has 1 amide bonds. The van der Waals surface area contributed by atoms with E-state index in [4.69, 9.17) is 0 Å². The summed E-state index contributed by atoms with van der Waals surface area (Å²) < 4.78 is 1.40. The summed E-state index contributed by atoms with van der Waals surface area (Å²) in [5.74, 6) is -0.00412. The van der Waals surface area contributed by atoms with Crippen LogP contribution in [0.25, 0.3) is 0 Å². The molecule has 0 saturated heterocycles. The van der Waals surface area contributed by atoms with Gasteiger partial charge in [-0.15, -0.1) is 11.3 Å². The van der Waals surface area contributed by atoms with Crippen LogP contribution in [-0.2, 0) is 0 Å². The number of aromatic hydroxyl groups is 1. The lowest BCUT2D eigenvalue weighted by molar-refractivity contribution is 0.0935. The number of phenolic OH excluding ortho intramolecular Hbond substituents is 1. The molecule has 0 aliphatic carbocycles. The lowest BCUT2D eigenvalue weighted by atomic mass is 10.1. The van der Waals surface area contributed by atoms with Gasteiger partial charge in [0.05, 0.1) is 10.0 Å². The van der Waals surface area contributed by atoms with Crippen molar-refractivity contribution in [3.05, 3.63) is 42.6 Å². The Balaban J connectivity index is 2.06. The van der Waals surface area contributed by atoms with Crippen molar-refractivity contribution in [2.45, 2.75) is 20.0 Å². The molecule has 110 valence electrons. The second-order valence-corrected chi connectivity index (χ2v) is 7.86. The summed E-state index contributed by atoms with van der Waals surface area (Å²) in [5, 5.41) is 17.2. The molecule has 0 radical (unpaired) electrons. The molecule has 2 heterocycles. The van der Waals surface area contributed by atoms with Crippen LogP contribution >= 0.6 is 43.2 Å². The number of rotatable bonds is 1. The summed E-state index contributed by atoms with van der Waals surface area (Å²) in [5.41, 5.74) is 2.30. The molecule has 1 aromatic heterocycles. The Morgan fingerprint density at radius 2 is 1.95 bits per heavy atom. The van der Waals surface area contributed by atoms with Crippen LogP contribution in [0.15, 0.2) is 21.1 Å². The van der Waals surface area contributed by atoms with Crippen LogP contribution in [0.1, 0.15) is 32.5 Å². The topological polar surface area (TPSA) is 61.4 Å². The zero-order chi connectivity index (χ0) is 15.3. The fourth-order valence-corrected chi connectivity index (χ4v) is 4.68. The van der Waals surface area contributed by atoms with Gasteiger partial charge in [0.2, 0.25) is 0 Å². The number of anilines is 1. The van der Waals surface area contributed by atoms with Gasteiger partial charge in [0, 0.05) is 14.9 Å². The average Bonchev–Trinajstić information content (AvgIpc) is 2.69. The highest BCUT2D eigenvalue weighted by molar-refractivity contribution is 9.11. The first-order valence-electron chi connectivity index (χ1n) is 6.23. The van der Waals surface area contributed by atoms with Gasteiger partial charge < -0.3 is 15.7 Å². The number of benzene rings is 1. The average molecular weight is 432 g/mol. The number of halogens is 2. The minimum Gasteiger partial charge on any atom is -0.506 e. The van der Waals surface area contributed by atoms with Gasteiger partial charge in [-0.2, -0.15) is 0 Å². The molecule has 4 nitrogen and oxygen atoms in total. The Hall–Kier alpha value is -1.05. The minimum absolute atomic E-state index is 0.115. The predicted molar refractivity (Wildman–Crippen MR) is 91.1 cm³/mol. The molecular formula is C14H12Br2N2O2S. The Kier molecular flexibility index (Phi) is 3.75. The van der Waals surface area contributed by atoms with Crippen molar-refractivity contribution < 1.29 is 9.90 Å². The molecule has 1 unspecified atom stereocenters. The normalized spacial score (nSPS) is 17.1. The van der Waals surface area contributed by atoms with Crippen molar-refractivity contribution in [3.63, 3.8) is 0 Å². The Morgan fingerprint density at radius 1 is 1.24 bits per heavy atom. The highest BCUT2D eigenvalue weighted by Crippen LogP contribution is 2.41. The second kappa shape index (κ2) is 5.30. The van der Waals surface area contributed by atoms with Gasteiger partial charge in [0.1, 0.15) is 16.9 Å². The molecule has 21 heavy (non-hydrogen) atoms. The van der Waals surface area contributed by atoms with E-state index in [1.54, 1.807) is 23.5 Å². The lowest BCUT2D eigenvalue weighted by Crippen LogP contribution is -2.38. The first-order valence-corrected chi connectivity index (χ1v) is 8.64. The molecule has 1 aromatic carbocycles. The maximum atomic E-state index is 12.3. The van der Waals surface area contributed by atoms with Gasteiger partial charge in [0.15, 0.2) is 0 Å². The number of carbonyl (C=O) groups is 1. The molecule has 2 aromatic rings. The van der Waals surface area contributed by atoms with Crippen molar-refractivity contribution >= 4 is 54.1 Å². The first kappa shape index (κ1) is 14.9. The summed E-state index contributed by atoms with van der Waals surface area (Å²) in [6.45, 7) is 3.94. The zero-order valence-corrected chi connectivity index (χ0v) is 15.2. The molecule has 0 saturated carbocycles. The molecule has 7 heteroatoms. The highest BCUT2D eigenvalue weighted by Gasteiger charge is 2.30. The number of thiophene rings is 1. The van der Waals surface area contributed by atoms with E-state index in [1.165, 1.54) is 0 Å². The Bertz CT molecular complexity index is 758. The van der Waals surface area contributed by atoms with Crippen molar-refractivity contribution in [2.75, 3.05) is 5.32 Å². The van der Waals surface area contributed by atoms with Gasteiger partial charge in [-0.25, -0.2) is 0 Å². The third-order valence-electron chi connectivity index (χ3n) is 3.53. The standard InChI is InChI=1S/C14H12Br2N2O2S/c1-5-6(2)21-14-10(5)13(20)17-12(18-14)8-3-7(15)4-9(16)11(8)19/h3-4,12,18-19H,1-2H3,(H,17,20). The number of aryl methyl sites for hydroxylation is 1. The molecule has 3 rings (SSSR count). The van der Waals surface area contributed by atoms with Crippen LogP contribution < -0.4 is 10.6 Å². The highest BCUT2D eigenvalue weighted by atomic mass is 79.9. The van der Waals surface area contributed by atoms with Crippen LogP contribution in [0.5, 0.6) is 5.75 Å². The second-order valence-electron chi connectivity index (χ2n) is 4.86.